The van der Waals surface area contributed by atoms with Gasteiger partial charge in [-0.15, -0.1) is 0 Å². The van der Waals surface area contributed by atoms with E-state index in [4.69, 9.17) is 16.3 Å². The van der Waals surface area contributed by atoms with Crippen molar-refractivity contribution in [3.05, 3.63) is 63.4 Å². The van der Waals surface area contributed by atoms with Crippen molar-refractivity contribution in [3.8, 4) is 0 Å². The van der Waals surface area contributed by atoms with Gasteiger partial charge in [0.25, 0.3) is 0 Å². The summed E-state index contributed by atoms with van der Waals surface area (Å²) in [4.78, 5) is 12.5. The summed E-state index contributed by atoms with van der Waals surface area (Å²) in [6.07, 6.45) is -5.39. The first-order valence-corrected chi connectivity index (χ1v) is 8.37. The number of halogens is 5. The van der Waals surface area contributed by atoms with Crippen molar-refractivity contribution in [2.45, 2.75) is 32.0 Å². The molecule has 0 atom stereocenters. The molecule has 0 amide bonds. The molecule has 0 saturated carbocycles. The fourth-order valence-corrected chi connectivity index (χ4v) is 3.37. The molecule has 0 unspecified atom stereocenters. The van der Waals surface area contributed by atoms with Gasteiger partial charge in [-0.2, -0.15) is 13.2 Å². The second kappa shape index (κ2) is 6.62. The Labute approximate surface area is 158 Å². The minimum atomic E-state index is -4.90. The van der Waals surface area contributed by atoms with E-state index in [0.29, 0.717) is 22.7 Å². The monoisotopic (exact) mass is 400 g/mol. The zero-order valence-electron chi connectivity index (χ0n) is 14.3. The maximum absolute atomic E-state index is 14.2. The van der Waals surface area contributed by atoms with Gasteiger partial charge in [0.15, 0.2) is 11.6 Å². The Morgan fingerprint density at radius 1 is 1.26 bits per heavy atom. The van der Waals surface area contributed by atoms with E-state index in [1.165, 1.54) is 12.1 Å². The van der Waals surface area contributed by atoms with E-state index in [1.54, 1.807) is 19.9 Å². The van der Waals surface area contributed by atoms with Crippen molar-refractivity contribution >= 4 is 30.0 Å². The number of carbonyl (C=O) groups excluding carboxylic acids is 1. The molecule has 1 aliphatic rings. The normalized spacial score (nSPS) is 15.8. The third kappa shape index (κ3) is 3.61. The average Bonchev–Trinajstić information content (AvgIpc) is 2.77. The number of alkyl halides is 3. The predicted octanol–water partition coefficient (Wildman–Crippen LogP) is 3.88. The van der Waals surface area contributed by atoms with Crippen LogP contribution in [0.5, 0.6) is 0 Å². The van der Waals surface area contributed by atoms with Gasteiger partial charge >= 0.3 is 13.3 Å². The molecule has 0 aliphatic carbocycles. The van der Waals surface area contributed by atoms with Crippen molar-refractivity contribution in [2.24, 2.45) is 0 Å². The van der Waals surface area contributed by atoms with Crippen LogP contribution in [0.15, 0.2) is 30.3 Å². The summed E-state index contributed by atoms with van der Waals surface area (Å²) < 4.78 is 59.1. The maximum atomic E-state index is 14.2. The molecule has 0 radical (unpaired) electrons. The summed E-state index contributed by atoms with van der Waals surface area (Å²) in [7, 11) is -1.21. The van der Waals surface area contributed by atoms with E-state index >= 15 is 0 Å². The van der Waals surface area contributed by atoms with Crippen LogP contribution >= 0.6 is 11.6 Å². The van der Waals surface area contributed by atoms with Crippen LogP contribution < -0.4 is 5.46 Å². The molecule has 3 nitrogen and oxygen atoms in total. The van der Waals surface area contributed by atoms with E-state index < -0.39 is 53.1 Å². The summed E-state index contributed by atoms with van der Waals surface area (Å²) in [5, 5.41) is 9.43. The van der Waals surface area contributed by atoms with Crippen molar-refractivity contribution in [2.75, 3.05) is 0 Å². The van der Waals surface area contributed by atoms with Crippen molar-refractivity contribution < 1.29 is 32.0 Å². The van der Waals surface area contributed by atoms with E-state index in [9.17, 15) is 27.4 Å². The Morgan fingerprint density at radius 2 is 1.93 bits per heavy atom. The van der Waals surface area contributed by atoms with E-state index in [-0.39, 0.29) is 0 Å². The van der Waals surface area contributed by atoms with Crippen molar-refractivity contribution in [1.29, 1.82) is 0 Å². The van der Waals surface area contributed by atoms with Gasteiger partial charge in [0, 0.05) is 6.42 Å². The zero-order chi connectivity index (χ0) is 20.1. The Bertz CT molecular complexity index is 928. The zero-order valence-corrected chi connectivity index (χ0v) is 15.1. The van der Waals surface area contributed by atoms with Crippen molar-refractivity contribution in [3.63, 3.8) is 0 Å². The number of fused-ring (bicyclic) bond motifs is 1. The lowest BCUT2D eigenvalue weighted by Gasteiger charge is -2.19. The van der Waals surface area contributed by atoms with Crippen LogP contribution in [-0.2, 0) is 22.9 Å². The fourth-order valence-electron chi connectivity index (χ4n) is 3.21. The minimum Gasteiger partial charge on any atom is -0.423 e. The Morgan fingerprint density at radius 3 is 2.56 bits per heavy atom. The molecule has 27 heavy (non-hydrogen) atoms. The molecule has 0 fully saturated rings. The second-order valence-corrected chi connectivity index (χ2v) is 7.19. The summed E-state index contributed by atoms with van der Waals surface area (Å²) in [5.41, 5.74) is -1.75. The van der Waals surface area contributed by atoms with E-state index in [1.807, 2.05) is 0 Å². The van der Waals surface area contributed by atoms with Crippen LogP contribution in [0.3, 0.4) is 0 Å². The van der Waals surface area contributed by atoms with Gasteiger partial charge in [0.05, 0.1) is 21.8 Å². The lowest BCUT2D eigenvalue weighted by molar-refractivity contribution is -0.138. The summed E-state index contributed by atoms with van der Waals surface area (Å²) in [6, 6.07) is 5.99. The highest BCUT2D eigenvalue weighted by atomic mass is 35.5. The van der Waals surface area contributed by atoms with Gasteiger partial charge < -0.3 is 9.68 Å². The van der Waals surface area contributed by atoms with Gasteiger partial charge in [0.1, 0.15) is 0 Å². The topological polar surface area (TPSA) is 46.5 Å². The molecule has 9 heteroatoms. The molecule has 2 aromatic rings. The molecule has 0 saturated heterocycles. The number of hydrogen-bond acceptors (Lipinski definition) is 3. The first-order valence-electron chi connectivity index (χ1n) is 7.99. The number of carbonyl (C=O) groups is 1. The highest BCUT2D eigenvalue weighted by Gasteiger charge is 2.41. The Kier molecular flexibility index (Phi) is 4.86. The number of rotatable bonds is 3. The van der Waals surface area contributed by atoms with Gasteiger partial charge in [0.2, 0.25) is 0 Å². The molecular formula is C18H14BClF4O3. The maximum Gasteiger partial charge on any atom is 0.492 e. The van der Waals surface area contributed by atoms with Crippen LogP contribution in [0.2, 0.25) is 5.02 Å². The first-order chi connectivity index (χ1) is 12.4. The van der Waals surface area contributed by atoms with E-state index in [2.05, 4.69) is 0 Å². The molecule has 1 aliphatic heterocycles. The lowest BCUT2D eigenvalue weighted by Crippen LogP contribution is -2.29. The third-order valence-corrected chi connectivity index (χ3v) is 4.77. The quantitative estimate of drug-likeness (QED) is 0.483. The predicted molar refractivity (Wildman–Crippen MR) is 92.6 cm³/mol. The third-order valence-electron chi connectivity index (χ3n) is 4.48. The molecule has 1 heterocycles. The van der Waals surface area contributed by atoms with Gasteiger partial charge in [-0.3, -0.25) is 4.79 Å². The Hall–Kier alpha value is -1.90. The molecule has 1 N–H and O–H groups in total. The molecule has 2 aromatic carbocycles. The number of benzene rings is 2. The number of ketones is 1. The number of hydrogen-bond donors (Lipinski definition) is 1. The lowest BCUT2D eigenvalue weighted by atomic mass is 9.77. The molecular weight excluding hydrogens is 386 g/mol. The molecule has 0 spiro atoms. The van der Waals surface area contributed by atoms with Gasteiger partial charge in [-0.25, -0.2) is 4.39 Å². The highest BCUT2D eigenvalue weighted by molar-refractivity contribution is 6.62. The minimum absolute atomic E-state index is 0.326. The summed E-state index contributed by atoms with van der Waals surface area (Å²) in [6.45, 7) is 3.51. The smallest absolute Gasteiger partial charge is 0.423 e. The summed E-state index contributed by atoms with van der Waals surface area (Å²) in [5.74, 6) is -2.46. The van der Waals surface area contributed by atoms with Crippen LogP contribution in [0.4, 0.5) is 17.6 Å². The molecule has 142 valence electrons. The molecule has 0 bridgehead atoms. The summed E-state index contributed by atoms with van der Waals surface area (Å²) >= 11 is 5.57. The van der Waals surface area contributed by atoms with E-state index in [0.717, 1.165) is 6.07 Å². The van der Waals surface area contributed by atoms with Crippen LogP contribution in [0, 0.1) is 5.82 Å². The highest BCUT2D eigenvalue weighted by Crippen LogP contribution is 2.36. The first kappa shape index (κ1) is 19.9. The van der Waals surface area contributed by atoms with Gasteiger partial charge in [-0.05, 0) is 42.6 Å². The Balaban J connectivity index is 1.98. The second-order valence-electron chi connectivity index (χ2n) is 6.78. The standard InChI is InChI=1S/C18H14BClF4O3/c1-17(2)10-4-3-9(7-12(10)19(26)27-17)8-14(25)15-11(18(22,23)24)5-6-13(20)16(15)21/h3-7,26H,8H2,1-2H3. The number of Topliss-reactive ketones (excluding diaryl/α,β-unsaturated/α-hetero) is 1. The largest absolute Gasteiger partial charge is 0.492 e. The van der Waals surface area contributed by atoms with Crippen LogP contribution in [0.1, 0.15) is 40.9 Å². The van der Waals surface area contributed by atoms with Crippen molar-refractivity contribution in [1.82, 2.24) is 0 Å². The SMILES string of the molecule is CC1(C)OB(O)c2cc(CC(=O)c3c(C(F)(F)F)ccc(Cl)c3F)ccc21. The molecule has 3 rings (SSSR count). The van der Waals surface area contributed by atoms with Gasteiger partial charge in [-0.1, -0.05) is 29.8 Å². The van der Waals surface area contributed by atoms with Crippen LogP contribution in [-0.4, -0.2) is 17.9 Å². The molecule has 0 aromatic heterocycles. The average molecular weight is 401 g/mol. The van der Waals surface area contributed by atoms with Crippen LogP contribution in [0.25, 0.3) is 0 Å². The fraction of sp³-hybridized carbons (Fsp3) is 0.278.